The Hall–Kier alpha value is -2.45. The highest BCUT2D eigenvalue weighted by Gasteiger charge is 2.31. The van der Waals surface area contributed by atoms with Crippen molar-refractivity contribution in [2.24, 2.45) is 0 Å². The van der Waals surface area contributed by atoms with Crippen molar-refractivity contribution in [3.63, 3.8) is 0 Å². The number of hydrogen-bond donors (Lipinski definition) is 1. The molecule has 0 unspecified atom stereocenters. The van der Waals surface area contributed by atoms with E-state index in [4.69, 9.17) is 0 Å². The second-order valence-electron chi connectivity index (χ2n) is 5.67. The van der Waals surface area contributed by atoms with Crippen LogP contribution in [-0.4, -0.2) is 54.8 Å². The van der Waals surface area contributed by atoms with Crippen molar-refractivity contribution in [2.45, 2.75) is 4.90 Å². The molecule has 0 atom stereocenters. The van der Waals surface area contributed by atoms with E-state index in [0.29, 0.717) is 5.56 Å². The van der Waals surface area contributed by atoms with E-state index >= 15 is 0 Å². The third-order valence-corrected chi connectivity index (χ3v) is 6.03. The number of halogens is 1. The summed E-state index contributed by atoms with van der Waals surface area (Å²) in [5, 5.41) is 9.27. The van der Waals surface area contributed by atoms with Crippen LogP contribution in [-0.2, 0) is 10.0 Å². The molecule has 0 bridgehead atoms. The maximum absolute atomic E-state index is 13.8. The molecular weight excluding hydrogens is 347 g/mol. The van der Waals surface area contributed by atoms with E-state index in [1.165, 1.54) is 46.8 Å². The number of nitrogens with zero attached hydrogens (tertiary/aromatic N) is 2. The van der Waals surface area contributed by atoms with Gasteiger partial charge in [0.15, 0.2) is 0 Å². The molecule has 0 aromatic heterocycles. The molecule has 6 nitrogen and oxygen atoms in total. The fraction of sp³-hybridized carbons (Fsp3) is 0.235. The highest BCUT2D eigenvalue weighted by atomic mass is 32.2. The molecule has 1 aliphatic heterocycles. The Kier molecular flexibility index (Phi) is 4.73. The zero-order valence-electron chi connectivity index (χ0n) is 13.3. The number of amides is 1. The molecule has 2 aromatic rings. The molecular formula is C17H17FN2O4S. The molecule has 8 heteroatoms. The molecule has 1 saturated heterocycles. The van der Waals surface area contributed by atoms with Gasteiger partial charge in [0.2, 0.25) is 10.0 Å². The Bertz CT molecular complexity index is 876. The molecule has 25 heavy (non-hydrogen) atoms. The van der Waals surface area contributed by atoms with Gasteiger partial charge in [-0.25, -0.2) is 12.8 Å². The number of aromatic hydroxyl groups is 1. The molecule has 0 aliphatic carbocycles. The lowest BCUT2D eigenvalue weighted by molar-refractivity contribution is 0.0697. The van der Waals surface area contributed by atoms with E-state index in [0.717, 1.165) is 6.07 Å². The van der Waals surface area contributed by atoms with Crippen LogP contribution in [0.25, 0.3) is 0 Å². The van der Waals surface area contributed by atoms with E-state index in [9.17, 15) is 22.7 Å². The lowest BCUT2D eigenvalue weighted by Crippen LogP contribution is -2.50. The van der Waals surface area contributed by atoms with Gasteiger partial charge in [0.05, 0.1) is 0 Å². The van der Waals surface area contributed by atoms with E-state index in [-0.39, 0.29) is 42.7 Å². The van der Waals surface area contributed by atoms with Gasteiger partial charge in [0, 0.05) is 31.7 Å². The van der Waals surface area contributed by atoms with Crippen molar-refractivity contribution in [3.05, 3.63) is 59.9 Å². The fourth-order valence-electron chi connectivity index (χ4n) is 2.71. The molecule has 1 aliphatic rings. The number of piperazine rings is 1. The van der Waals surface area contributed by atoms with Gasteiger partial charge in [-0.1, -0.05) is 12.1 Å². The van der Waals surface area contributed by atoms with Crippen LogP contribution in [0.15, 0.2) is 53.4 Å². The minimum atomic E-state index is -3.92. The highest BCUT2D eigenvalue weighted by molar-refractivity contribution is 7.89. The van der Waals surface area contributed by atoms with Gasteiger partial charge in [-0.15, -0.1) is 0 Å². The standard InChI is InChI=1S/C17H17FN2O4S/c18-15-3-1-2-4-16(15)25(23,24)20-11-9-19(10-12-20)17(22)13-5-7-14(21)8-6-13/h1-8,21H,9-12H2. The van der Waals surface area contributed by atoms with Gasteiger partial charge >= 0.3 is 0 Å². The second-order valence-corrected chi connectivity index (χ2v) is 7.58. The number of carbonyl (C=O) groups excluding carboxylic acids is 1. The molecule has 3 rings (SSSR count). The summed E-state index contributed by atoms with van der Waals surface area (Å²) in [6.07, 6.45) is 0. The number of rotatable bonds is 3. The van der Waals surface area contributed by atoms with Crippen molar-refractivity contribution >= 4 is 15.9 Å². The summed E-state index contributed by atoms with van der Waals surface area (Å²) in [7, 11) is -3.92. The predicted octanol–water partition coefficient (Wildman–Crippen LogP) is 1.68. The predicted molar refractivity (Wildman–Crippen MR) is 89.2 cm³/mol. The van der Waals surface area contributed by atoms with Gasteiger partial charge in [-0.3, -0.25) is 4.79 Å². The molecule has 1 heterocycles. The van der Waals surface area contributed by atoms with Gasteiger partial charge in [-0.2, -0.15) is 4.31 Å². The van der Waals surface area contributed by atoms with Crippen molar-refractivity contribution in [1.82, 2.24) is 9.21 Å². The minimum absolute atomic E-state index is 0.0670. The summed E-state index contributed by atoms with van der Waals surface area (Å²) in [6, 6.07) is 11.1. The first kappa shape index (κ1) is 17.4. The monoisotopic (exact) mass is 364 g/mol. The van der Waals surface area contributed by atoms with Gasteiger partial charge in [0.1, 0.15) is 16.5 Å². The number of carbonyl (C=O) groups is 1. The summed E-state index contributed by atoms with van der Waals surface area (Å²) < 4.78 is 40.1. The Balaban J connectivity index is 1.70. The second kappa shape index (κ2) is 6.81. The first-order valence-corrected chi connectivity index (χ1v) is 9.16. The first-order valence-electron chi connectivity index (χ1n) is 7.72. The van der Waals surface area contributed by atoms with Crippen LogP contribution >= 0.6 is 0 Å². The van der Waals surface area contributed by atoms with Gasteiger partial charge in [-0.05, 0) is 36.4 Å². The van der Waals surface area contributed by atoms with Crippen LogP contribution in [0, 0.1) is 5.82 Å². The zero-order chi connectivity index (χ0) is 18.0. The Labute approximate surface area is 145 Å². The number of sulfonamides is 1. The largest absolute Gasteiger partial charge is 0.508 e. The quantitative estimate of drug-likeness (QED) is 0.899. The van der Waals surface area contributed by atoms with E-state index in [2.05, 4.69) is 0 Å². The summed E-state index contributed by atoms with van der Waals surface area (Å²) in [4.78, 5) is 13.6. The molecule has 1 N–H and O–H groups in total. The molecule has 0 spiro atoms. The summed E-state index contributed by atoms with van der Waals surface area (Å²) in [5.41, 5.74) is 0.420. The van der Waals surface area contributed by atoms with Crippen LogP contribution in [0.3, 0.4) is 0 Å². The van der Waals surface area contributed by atoms with Crippen molar-refractivity contribution in [1.29, 1.82) is 0 Å². The number of phenols is 1. The zero-order valence-corrected chi connectivity index (χ0v) is 14.1. The molecule has 0 saturated carbocycles. The lowest BCUT2D eigenvalue weighted by Gasteiger charge is -2.34. The highest BCUT2D eigenvalue weighted by Crippen LogP contribution is 2.21. The Morgan fingerprint density at radius 1 is 0.960 bits per heavy atom. The lowest BCUT2D eigenvalue weighted by atomic mass is 10.2. The minimum Gasteiger partial charge on any atom is -0.508 e. The topological polar surface area (TPSA) is 77.9 Å². The summed E-state index contributed by atoms with van der Waals surface area (Å²) in [5.74, 6) is -0.953. The van der Waals surface area contributed by atoms with Crippen molar-refractivity contribution < 1.29 is 22.7 Å². The van der Waals surface area contributed by atoms with Crippen LogP contribution in [0.1, 0.15) is 10.4 Å². The first-order chi connectivity index (χ1) is 11.9. The van der Waals surface area contributed by atoms with Gasteiger partial charge < -0.3 is 10.0 Å². The van der Waals surface area contributed by atoms with Crippen molar-refractivity contribution in [3.8, 4) is 5.75 Å². The average molecular weight is 364 g/mol. The van der Waals surface area contributed by atoms with E-state index in [1.54, 1.807) is 4.90 Å². The molecule has 1 amide bonds. The van der Waals surface area contributed by atoms with Crippen LogP contribution in [0.4, 0.5) is 4.39 Å². The molecule has 2 aromatic carbocycles. The average Bonchev–Trinajstić information content (AvgIpc) is 2.62. The molecule has 0 radical (unpaired) electrons. The Morgan fingerprint density at radius 2 is 1.56 bits per heavy atom. The summed E-state index contributed by atoms with van der Waals surface area (Å²) >= 11 is 0. The molecule has 1 fully saturated rings. The number of hydrogen-bond acceptors (Lipinski definition) is 4. The normalized spacial score (nSPS) is 16.0. The van der Waals surface area contributed by atoms with Crippen LogP contribution < -0.4 is 0 Å². The third kappa shape index (κ3) is 3.49. The van der Waals surface area contributed by atoms with Crippen LogP contribution in [0.2, 0.25) is 0 Å². The maximum atomic E-state index is 13.8. The summed E-state index contributed by atoms with van der Waals surface area (Å²) in [6.45, 7) is 0.627. The number of phenolic OH excluding ortho intramolecular Hbond substituents is 1. The fourth-order valence-corrected chi connectivity index (χ4v) is 4.20. The van der Waals surface area contributed by atoms with E-state index < -0.39 is 15.8 Å². The molecule has 132 valence electrons. The maximum Gasteiger partial charge on any atom is 0.253 e. The van der Waals surface area contributed by atoms with Crippen molar-refractivity contribution in [2.75, 3.05) is 26.2 Å². The van der Waals surface area contributed by atoms with Gasteiger partial charge in [0.25, 0.3) is 5.91 Å². The SMILES string of the molecule is O=C(c1ccc(O)cc1)N1CCN(S(=O)(=O)c2ccccc2F)CC1. The smallest absolute Gasteiger partial charge is 0.253 e. The Morgan fingerprint density at radius 3 is 2.16 bits per heavy atom. The van der Waals surface area contributed by atoms with Crippen LogP contribution in [0.5, 0.6) is 5.75 Å². The third-order valence-electron chi connectivity index (χ3n) is 4.09. The number of benzene rings is 2. The van der Waals surface area contributed by atoms with E-state index in [1.807, 2.05) is 0 Å².